The van der Waals surface area contributed by atoms with E-state index in [4.69, 9.17) is 5.11 Å². The topological polar surface area (TPSA) is 92.3 Å². The highest BCUT2D eigenvalue weighted by atomic mass is 16.7. The van der Waals surface area contributed by atoms with E-state index < -0.39 is 11.7 Å². The van der Waals surface area contributed by atoms with Gasteiger partial charge in [0.05, 0.1) is 12.5 Å². The van der Waals surface area contributed by atoms with E-state index in [0.29, 0.717) is 0 Å². The van der Waals surface area contributed by atoms with Crippen molar-refractivity contribution in [1.29, 1.82) is 0 Å². The first-order valence-electron chi connectivity index (χ1n) is 2.63. The van der Waals surface area contributed by atoms with E-state index in [9.17, 15) is 9.59 Å². The molecule has 1 rings (SSSR count). The highest BCUT2D eigenvalue weighted by Gasteiger charge is 2.03. The Hall–Kier alpha value is -1.85. The van der Waals surface area contributed by atoms with E-state index in [-0.39, 0.29) is 5.75 Å². The fourth-order valence-corrected chi connectivity index (χ4v) is 0.497. The molecule has 0 radical (unpaired) electrons. The number of carbonyl (C=O) groups is 1. The second-order valence-electron chi connectivity index (χ2n) is 1.61. The van der Waals surface area contributed by atoms with Gasteiger partial charge in [0.1, 0.15) is 0 Å². The van der Waals surface area contributed by atoms with Crippen LogP contribution in [-0.2, 0) is 0 Å². The van der Waals surface area contributed by atoms with Gasteiger partial charge in [0, 0.05) is 0 Å². The van der Waals surface area contributed by atoms with Crippen molar-refractivity contribution in [2.45, 2.75) is 0 Å². The Morgan fingerprint density at radius 2 is 2.45 bits per heavy atom. The molecule has 1 heterocycles. The van der Waals surface area contributed by atoms with E-state index in [1.165, 1.54) is 0 Å². The summed E-state index contributed by atoms with van der Waals surface area (Å²) in [5.41, 5.74) is -0.623. The summed E-state index contributed by atoms with van der Waals surface area (Å²) >= 11 is 0. The normalized spacial score (nSPS) is 9.09. The molecular weight excluding hydrogens is 152 g/mol. The van der Waals surface area contributed by atoms with Crippen LogP contribution in [0.15, 0.2) is 17.3 Å². The Kier molecular flexibility index (Phi) is 1.86. The Morgan fingerprint density at radius 3 is 3.00 bits per heavy atom. The van der Waals surface area contributed by atoms with Crippen LogP contribution >= 0.6 is 0 Å². The monoisotopic (exact) mass is 156 g/mol. The highest BCUT2D eigenvalue weighted by Crippen LogP contribution is 1.96. The molecular formula is C5H4N2O4. The molecule has 1 aromatic rings. The van der Waals surface area contributed by atoms with E-state index in [1.807, 2.05) is 0 Å². The third-order valence-corrected chi connectivity index (χ3v) is 0.883. The predicted octanol–water partition coefficient (Wildman–Crippen LogP) is -0.173. The number of aromatic nitrogens is 2. The summed E-state index contributed by atoms with van der Waals surface area (Å²) in [6.45, 7) is 0. The Morgan fingerprint density at radius 1 is 1.73 bits per heavy atom. The Balaban J connectivity index is 2.95. The van der Waals surface area contributed by atoms with Crippen LogP contribution < -0.4 is 10.3 Å². The molecule has 11 heavy (non-hydrogen) atoms. The minimum absolute atomic E-state index is 0.333. The van der Waals surface area contributed by atoms with Crippen molar-refractivity contribution in [2.24, 2.45) is 0 Å². The maximum Gasteiger partial charge on any atom is 0.511 e. The lowest BCUT2D eigenvalue weighted by molar-refractivity contribution is 0.143. The summed E-state index contributed by atoms with van der Waals surface area (Å²) in [4.78, 5) is 26.2. The average Bonchev–Trinajstić information content (AvgIpc) is 1.93. The highest BCUT2D eigenvalue weighted by molar-refractivity contribution is 5.60. The van der Waals surface area contributed by atoms with Crippen LogP contribution in [0.5, 0.6) is 5.75 Å². The first-order chi connectivity index (χ1) is 5.20. The zero-order chi connectivity index (χ0) is 8.27. The van der Waals surface area contributed by atoms with Crippen molar-refractivity contribution in [3.05, 3.63) is 22.9 Å². The maximum atomic E-state index is 10.7. The quantitative estimate of drug-likeness (QED) is 0.550. The van der Waals surface area contributed by atoms with Gasteiger partial charge in [-0.1, -0.05) is 0 Å². The Labute approximate surface area is 60.5 Å². The molecule has 1 aromatic heterocycles. The molecule has 2 N–H and O–H groups in total. The molecule has 0 amide bonds. The van der Waals surface area contributed by atoms with E-state index in [0.717, 1.165) is 12.5 Å². The number of nitrogens with zero attached hydrogens (tertiary/aromatic N) is 1. The molecule has 0 saturated carbocycles. The number of nitrogens with one attached hydrogen (secondary N) is 1. The number of rotatable bonds is 1. The van der Waals surface area contributed by atoms with Crippen LogP contribution in [0.2, 0.25) is 0 Å². The summed E-state index contributed by atoms with van der Waals surface area (Å²) in [5, 5.41) is 8.09. The van der Waals surface area contributed by atoms with Gasteiger partial charge in [-0.05, 0) is 0 Å². The molecule has 0 saturated heterocycles. The van der Waals surface area contributed by atoms with Gasteiger partial charge in [-0.3, -0.25) is 4.79 Å². The lowest BCUT2D eigenvalue weighted by Gasteiger charge is -1.94. The zero-order valence-electron chi connectivity index (χ0n) is 5.27. The fraction of sp³-hybridized carbons (Fsp3) is 0. The molecule has 0 aliphatic carbocycles. The van der Waals surface area contributed by atoms with Crippen molar-refractivity contribution in [3.63, 3.8) is 0 Å². The van der Waals surface area contributed by atoms with Crippen molar-refractivity contribution < 1.29 is 14.6 Å². The number of aromatic amines is 1. The maximum absolute atomic E-state index is 10.7. The third-order valence-electron chi connectivity index (χ3n) is 0.883. The number of H-pyrrole nitrogens is 1. The summed E-state index contributed by atoms with van der Waals surface area (Å²) in [7, 11) is 0. The smallest absolute Gasteiger partial charge is 0.449 e. The fourth-order valence-electron chi connectivity index (χ4n) is 0.497. The third kappa shape index (κ3) is 1.78. The van der Waals surface area contributed by atoms with Crippen molar-refractivity contribution >= 4 is 6.16 Å². The molecule has 0 bridgehead atoms. The molecule has 58 valence electrons. The van der Waals surface area contributed by atoms with Crippen LogP contribution in [0.25, 0.3) is 0 Å². The summed E-state index contributed by atoms with van der Waals surface area (Å²) in [5.74, 6) is -0.333. The number of carboxylic acid groups (broad SMARTS) is 1. The Bertz CT molecular complexity index is 318. The number of hydrogen-bond donors (Lipinski definition) is 2. The minimum atomic E-state index is -1.54. The molecule has 0 fully saturated rings. The van der Waals surface area contributed by atoms with Gasteiger partial charge >= 0.3 is 6.16 Å². The molecule has 6 heteroatoms. The van der Waals surface area contributed by atoms with Gasteiger partial charge in [0.25, 0.3) is 5.56 Å². The predicted molar refractivity (Wildman–Crippen MR) is 33.5 cm³/mol. The molecule has 0 aromatic carbocycles. The largest absolute Gasteiger partial charge is 0.511 e. The van der Waals surface area contributed by atoms with Crippen molar-refractivity contribution in [1.82, 2.24) is 9.97 Å². The lowest BCUT2D eigenvalue weighted by atomic mass is 10.6. The van der Waals surface area contributed by atoms with Crippen LogP contribution in [0.1, 0.15) is 0 Å². The number of ether oxygens (including phenoxy) is 1. The summed E-state index contributed by atoms with van der Waals surface area (Å²) in [6.07, 6.45) is 0.618. The molecule has 0 atom stereocenters. The first kappa shape index (κ1) is 7.26. The van der Waals surface area contributed by atoms with E-state index in [1.54, 1.807) is 0 Å². The lowest BCUT2D eigenvalue weighted by Crippen LogP contribution is -2.14. The van der Waals surface area contributed by atoms with Crippen molar-refractivity contribution in [2.75, 3.05) is 0 Å². The first-order valence-corrected chi connectivity index (χ1v) is 2.63. The van der Waals surface area contributed by atoms with Gasteiger partial charge < -0.3 is 14.8 Å². The minimum Gasteiger partial charge on any atom is -0.449 e. The van der Waals surface area contributed by atoms with Gasteiger partial charge in [0.2, 0.25) is 5.75 Å². The SMILES string of the molecule is O=C(O)Oc1cnc[nH]c1=O. The van der Waals surface area contributed by atoms with Crippen LogP contribution in [0.4, 0.5) is 4.79 Å². The number of hydrogen-bond acceptors (Lipinski definition) is 4. The molecule has 0 aliphatic heterocycles. The van der Waals surface area contributed by atoms with E-state index >= 15 is 0 Å². The van der Waals surface area contributed by atoms with Crippen LogP contribution in [-0.4, -0.2) is 21.2 Å². The zero-order valence-corrected chi connectivity index (χ0v) is 5.27. The average molecular weight is 156 g/mol. The van der Waals surface area contributed by atoms with Crippen molar-refractivity contribution in [3.8, 4) is 5.75 Å². The molecule has 0 spiro atoms. The van der Waals surface area contributed by atoms with Gasteiger partial charge in [-0.15, -0.1) is 0 Å². The van der Waals surface area contributed by atoms with Gasteiger partial charge in [-0.25, -0.2) is 9.78 Å². The van der Waals surface area contributed by atoms with Crippen LogP contribution in [0.3, 0.4) is 0 Å². The molecule has 0 aliphatic rings. The molecule has 6 nitrogen and oxygen atoms in total. The molecule has 0 unspecified atom stereocenters. The van der Waals surface area contributed by atoms with Crippen LogP contribution in [0, 0.1) is 0 Å². The summed E-state index contributed by atoms with van der Waals surface area (Å²) in [6, 6.07) is 0. The van der Waals surface area contributed by atoms with E-state index in [2.05, 4.69) is 14.7 Å². The summed E-state index contributed by atoms with van der Waals surface area (Å²) < 4.78 is 4.06. The standard InChI is InChI=1S/C5H4N2O4/c8-4-3(11-5(9)10)1-6-2-7-4/h1-2H,(H,9,10)(H,6,7,8). The second-order valence-corrected chi connectivity index (χ2v) is 1.61. The van der Waals surface area contributed by atoms with Gasteiger partial charge in [-0.2, -0.15) is 0 Å². The second kappa shape index (κ2) is 2.82. The van der Waals surface area contributed by atoms with Gasteiger partial charge in [0.15, 0.2) is 0 Å².